The maximum Gasteiger partial charge on any atom is 0.132 e. The van der Waals surface area contributed by atoms with Gasteiger partial charge in [0.2, 0.25) is 0 Å². The Balaban J connectivity index is 2.03. The third-order valence-corrected chi connectivity index (χ3v) is 3.15. The highest BCUT2D eigenvalue weighted by Gasteiger charge is 2.22. The molecule has 1 saturated carbocycles. The third-order valence-electron chi connectivity index (χ3n) is 2.26. The molecule has 1 aromatic rings. The zero-order valence-electron chi connectivity index (χ0n) is 7.72. The molecule has 1 fully saturated rings. The zero-order valence-corrected chi connectivity index (χ0v) is 9.87. The second kappa shape index (κ2) is 3.86. The van der Waals surface area contributed by atoms with Crippen molar-refractivity contribution in [2.75, 3.05) is 6.61 Å². The lowest BCUT2D eigenvalue weighted by atomic mass is 10.2. The van der Waals surface area contributed by atoms with Gasteiger partial charge in [0.15, 0.2) is 0 Å². The lowest BCUT2D eigenvalue weighted by molar-refractivity contribution is 0.297. The van der Waals surface area contributed by atoms with Crippen LogP contribution in [0.25, 0.3) is 0 Å². The van der Waals surface area contributed by atoms with Gasteiger partial charge in [-0.2, -0.15) is 0 Å². The molecule has 0 spiro atoms. The summed E-state index contributed by atoms with van der Waals surface area (Å²) in [6.07, 6.45) is 2.70. The van der Waals surface area contributed by atoms with E-state index in [1.165, 1.54) is 22.0 Å². The number of halogens is 1. The zero-order chi connectivity index (χ0) is 9.26. The molecular formula is C11H13IO. The fourth-order valence-corrected chi connectivity index (χ4v) is 1.70. The van der Waals surface area contributed by atoms with Gasteiger partial charge in [-0.1, -0.05) is 6.07 Å². The number of hydrogen-bond donors (Lipinski definition) is 0. The molecular weight excluding hydrogens is 275 g/mol. The van der Waals surface area contributed by atoms with Gasteiger partial charge in [0, 0.05) is 0 Å². The van der Waals surface area contributed by atoms with Crippen molar-refractivity contribution in [3.8, 4) is 5.75 Å². The average molecular weight is 288 g/mol. The summed E-state index contributed by atoms with van der Waals surface area (Å²) in [5, 5.41) is 0. The first kappa shape index (κ1) is 9.31. The summed E-state index contributed by atoms with van der Waals surface area (Å²) in [7, 11) is 0. The summed E-state index contributed by atoms with van der Waals surface area (Å²) in [5.74, 6) is 1.88. The van der Waals surface area contributed by atoms with Crippen LogP contribution < -0.4 is 4.74 Å². The van der Waals surface area contributed by atoms with E-state index in [9.17, 15) is 0 Å². The molecule has 0 aromatic heterocycles. The summed E-state index contributed by atoms with van der Waals surface area (Å²) in [6, 6.07) is 6.34. The van der Waals surface area contributed by atoms with Gasteiger partial charge in [-0.15, -0.1) is 0 Å². The Hall–Kier alpha value is -0.250. The molecule has 0 radical (unpaired) electrons. The van der Waals surface area contributed by atoms with Crippen molar-refractivity contribution in [2.24, 2.45) is 5.92 Å². The van der Waals surface area contributed by atoms with Crippen LogP contribution in [-0.2, 0) is 0 Å². The van der Waals surface area contributed by atoms with Gasteiger partial charge in [0.05, 0.1) is 10.2 Å². The number of ether oxygens (including phenoxy) is 1. The summed E-state index contributed by atoms with van der Waals surface area (Å²) in [4.78, 5) is 0. The van der Waals surface area contributed by atoms with E-state index in [1.807, 2.05) is 0 Å². The molecule has 0 unspecified atom stereocenters. The third kappa shape index (κ3) is 2.59. The van der Waals surface area contributed by atoms with Crippen molar-refractivity contribution >= 4 is 22.6 Å². The Morgan fingerprint density at radius 2 is 2.23 bits per heavy atom. The second-order valence-corrected chi connectivity index (χ2v) is 4.85. The number of rotatable bonds is 3. The summed E-state index contributed by atoms with van der Waals surface area (Å²) in [6.45, 7) is 3.00. The van der Waals surface area contributed by atoms with Gasteiger partial charge >= 0.3 is 0 Å². The molecule has 13 heavy (non-hydrogen) atoms. The molecule has 1 aromatic carbocycles. The van der Waals surface area contributed by atoms with Gasteiger partial charge in [-0.05, 0) is 66.0 Å². The van der Waals surface area contributed by atoms with Crippen molar-refractivity contribution < 1.29 is 4.74 Å². The number of hydrogen-bond acceptors (Lipinski definition) is 1. The molecule has 1 nitrogen and oxygen atoms in total. The Morgan fingerprint density at radius 1 is 1.46 bits per heavy atom. The van der Waals surface area contributed by atoms with Crippen molar-refractivity contribution in [1.29, 1.82) is 0 Å². The largest absolute Gasteiger partial charge is 0.492 e. The molecule has 0 bridgehead atoms. The first-order chi connectivity index (χ1) is 6.25. The molecule has 0 saturated heterocycles. The van der Waals surface area contributed by atoms with Gasteiger partial charge in [0.1, 0.15) is 5.75 Å². The van der Waals surface area contributed by atoms with E-state index in [0.717, 1.165) is 18.3 Å². The molecule has 0 atom stereocenters. The van der Waals surface area contributed by atoms with Gasteiger partial charge < -0.3 is 4.74 Å². The first-order valence-electron chi connectivity index (χ1n) is 4.64. The molecule has 70 valence electrons. The van der Waals surface area contributed by atoms with Crippen molar-refractivity contribution in [1.82, 2.24) is 0 Å². The maximum absolute atomic E-state index is 5.73. The highest BCUT2D eigenvalue weighted by atomic mass is 127. The second-order valence-electron chi connectivity index (χ2n) is 3.69. The predicted molar refractivity (Wildman–Crippen MR) is 62.1 cm³/mol. The topological polar surface area (TPSA) is 9.23 Å². The van der Waals surface area contributed by atoms with Crippen LogP contribution >= 0.6 is 22.6 Å². The fraction of sp³-hybridized carbons (Fsp3) is 0.455. The van der Waals surface area contributed by atoms with Crippen LogP contribution in [0, 0.1) is 16.4 Å². The summed E-state index contributed by atoms with van der Waals surface area (Å²) < 4.78 is 6.95. The first-order valence-corrected chi connectivity index (χ1v) is 5.72. The van der Waals surface area contributed by atoms with Crippen LogP contribution in [0.1, 0.15) is 18.4 Å². The van der Waals surface area contributed by atoms with Gasteiger partial charge in [0.25, 0.3) is 0 Å². The van der Waals surface area contributed by atoms with Crippen LogP contribution in [0.15, 0.2) is 18.2 Å². The molecule has 1 aliphatic carbocycles. The smallest absolute Gasteiger partial charge is 0.132 e. The lowest BCUT2D eigenvalue weighted by Gasteiger charge is -2.07. The van der Waals surface area contributed by atoms with E-state index in [4.69, 9.17) is 4.74 Å². The molecule has 2 heteroatoms. The number of benzene rings is 1. The summed E-state index contributed by atoms with van der Waals surface area (Å²) >= 11 is 2.32. The maximum atomic E-state index is 5.73. The lowest BCUT2D eigenvalue weighted by Crippen LogP contribution is -2.00. The minimum Gasteiger partial charge on any atom is -0.492 e. The van der Waals surface area contributed by atoms with Crippen LogP contribution in [0.3, 0.4) is 0 Å². The Bertz CT molecular complexity index is 305. The van der Waals surface area contributed by atoms with E-state index in [-0.39, 0.29) is 0 Å². The molecule has 0 amide bonds. The van der Waals surface area contributed by atoms with Crippen molar-refractivity contribution in [3.05, 3.63) is 27.3 Å². The van der Waals surface area contributed by atoms with Crippen LogP contribution in [-0.4, -0.2) is 6.61 Å². The van der Waals surface area contributed by atoms with Crippen LogP contribution in [0.4, 0.5) is 0 Å². The standard InChI is InChI=1S/C11H13IO/c1-8-2-5-10(12)11(6-8)13-7-9-3-4-9/h2,5-6,9H,3-4,7H2,1H3. The predicted octanol–water partition coefficient (Wildman–Crippen LogP) is 3.39. The molecule has 0 aliphatic heterocycles. The number of aryl methyl sites for hydroxylation is 1. The van der Waals surface area contributed by atoms with Crippen molar-refractivity contribution in [2.45, 2.75) is 19.8 Å². The Morgan fingerprint density at radius 3 is 2.92 bits per heavy atom. The van der Waals surface area contributed by atoms with Gasteiger partial charge in [-0.25, -0.2) is 0 Å². The summed E-state index contributed by atoms with van der Waals surface area (Å²) in [5.41, 5.74) is 1.27. The Labute approximate surface area is 92.6 Å². The quantitative estimate of drug-likeness (QED) is 0.775. The monoisotopic (exact) mass is 288 g/mol. The van der Waals surface area contributed by atoms with E-state index >= 15 is 0 Å². The normalized spacial score (nSPS) is 15.8. The van der Waals surface area contributed by atoms with E-state index in [2.05, 4.69) is 47.7 Å². The van der Waals surface area contributed by atoms with E-state index in [0.29, 0.717) is 0 Å². The average Bonchev–Trinajstić information content (AvgIpc) is 2.90. The van der Waals surface area contributed by atoms with E-state index < -0.39 is 0 Å². The fourth-order valence-electron chi connectivity index (χ4n) is 1.21. The van der Waals surface area contributed by atoms with Crippen molar-refractivity contribution in [3.63, 3.8) is 0 Å². The Kier molecular flexibility index (Phi) is 2.77. The molecule has 0 heterocycles. The van der Waals surface area contributed by atoms with E-state index in [1.54, 1.807) is 0 Å². The molecule has 2 rings (SSSR count). The minimum absolute atomic E-state index is 0.830. The highest BCUT2D eigenvalue weighted by Crippen LogP contribution is 2.30. The molecule has 0 N–H and O–H groups in total. The van der Waals surface area contributed by atoms with Crippen LogP contribution in [0.2, 0.25) is 0 Å². The van der Waals surface area contributed by atoms with Crippen LogP contribution in [0.5, 0.6) is 5.75 Å². The minimum atomic E-state index is 0.830. The molecule has 1 aliphatic rings. The van der Waals surface area contributed by atoms with Gasteiger partial charge in [-0.3, -0.25) is 0 Å². The highest BCUT2D eigenvalue weighted by molar-refractivity contribution is 14.1. The SMILES string of the molecule is Cc1ccc(I)c(OCC2CC2)c1.